The second-order valence-electron chi connectivity index (χ2n) is 1.83. The van der Waals surface area contributed by atoms with Crippen LogP contribution >= 0.6 is 0 Å². The van der Waals surface area contributed by atoms with Gasteiger partial charge < -0.3 is 0 Å². The van der Waals surface area contributed by atoms with Crippen molar-refractivity contribution < 1.29 is 0 Å². The highest BCUT2D eigenvalue weighted by Gasteiger charge is 1.67. The van der Waals surface area contributed by atoms with Crippen LogP contribution in [0.2, 0.25) is 0 Å². The van der Waals surface area contributed by atoms with Crippen molar-refractivity contribution in [1.82, 2.24) is 0 Å². The largest absolute Gasteiger partial charge is 0.159 e. The van der Waals surface area contributed by atoms with Crippen molar-refractivity contribution in [1.29, 1.82) is 0 Å². The van der Waals surface area contributed by atoms with Gasteiger partial charge in [0.25, 0.3) is 0 Å². The molecule has 4 nitrogen and oxygen atoms in total. The van der Waals surface area contributed by atoms with Crippen LogP contribution in [-0.4, -0.2) is 0 Å². The van der Waals surface area contributed by atoms with Crippen LogP contribution < -0.4 is 0 Å². The van der Waals surface area contributed by atoms with Gasteiger partial charge in [-0.2, -0.15) is 20.5 Å². The highest BCUT2D eigenvalue weighted by Crippen LogP contribution is 1.88. The van der Waals surface area contributed by atoms with Gasteiger partial charge in [-0.3, -0.25) is 0 Å². The number of hydrogen-bond acceptors (Lipinski definition) is 4. The van der Waals surface area contributed by atoms with Gasteiger partial charge >= 0.3 is 0 Å². The van der Waals surface area contributed by atoms with Gasteiger partial charge in [-0.15, -0.1) is 0 Å². The van der Waals surface area contributed by atoms with Crippen molar-refractivity contribution in [3.63, 3.8) is 0 Å². The summed E-state index contributed by atoms with van der Waals surface area (Å²) in [5.74, 6) is 0. The van der Waals surface area contributed by atoms with E-state index in [2.05, 4.69) is 20.5 Å². The minimum Gasteiger partial charge on any atom is -0.159 e. The molecule has 60 valence electrons. The highest BCUT2D eigenvalue weighted by atomic mass is 15.1. The molecule has 0 N–H and O–H groups in total. The van der Waals surface area contributed by atoms with Gasteiger partial charge in [0.2, 0.25) is 0 Å². The van der Waals surface area contributed by atoms with E-state index >= 15 is 0 Å². The molecule has 0 unspecified atom stereocenters. The van der Waals surface area contributed by atoms with Gasteiger partial charge in [0.15, 0.2) is 0 Å². The van der Waals surface area contributed by atoms with Gasteiger partial charge in [0, 0.05) is 24.8 Å². The van der Waals surface area contributed by atoms with Gasteiger partial charge in [-0.25, -0.2) is 0 Å². The first-order chi connectivity index (χ1) is 6.00. The lowest BCUT2D eigenvalue weighted by Crippen LogP contribution is -1.54. The fraction of sp³-hybridized carbons (Fsp3) is 0. The summed E-state index contributed by atoms with van der Waals surface area (Å²) < 4.78 is 0. The van der Waals surface area contributed by atoms with Crippen LogP contribution in [0.5, 0.6) is 0 Å². The average Bonchev–Trinajstić information content (AvgIpc) is 2.05. The van der Waals surface area contributed by atoms with Crippen molar-refractivity contribution in [3.8, 4) is 0 Å². The molecule has 0 aromatic rings. The van der Waals surface area contributed by atoms with Crippen molar-refractivity contribution in [2.45, 2.75) is 0 Å². The predicted octanol–water partition coefficient (Wildman–Crippen LogP) is 2.96. The monoisotopic (exact) mass is 160 g/mol. The lowest BCUT2D eigenvalue weighted by atomic mass is 10.6. The minimum atomic E-state index is 1.57. The zero-order valence-electron chi connectivity index (χ0n) is 6.41. The van der Waals surface area contributed by atoms with Gasteiger partial charge in [-0.05, 0) is 24.3 Å². The van der Waals surface area contributed by atoms with Crippen LogP contribution in [0.15, 0.2) is 69.6 Å². The fourth-order valence-corrected chi connectivity index (χ4v) is 0.507. The zero-order valence-corrected chi connectivity index (χ0v) is 6.41. The van der Waals surface area contributed by atoms with Crippen LogP contribution in [0, 0.1) is 0 Å². The summed E-state index contributed by atoms with van der Waals surface area (Å²) in [6.07, 6.45) is 13.2. The molecule has 0 aliphatic carbocycles. The Morgan fingerprint density at radius 1 is 0.417 bits per heavy atom. The zero-order chi connectivity index (χ0) is 8.49. The maximum atomic E-state index is 3.70. The third-order valence-electron chi connectivity index (χ3n) is 0.966. The smallest absolute Gasteiger partial charge is 0.0496 e. The molecule has 12 heavy (non-hydrogen) atoms. The summed E-state index contributed by atoms with van der Waals surface area (Å²) in [7, 11) is 0. The van der Waals surface area contributed by atoms with Crippen LogP contribution in [0.1, 0.15) is 0 Å². The summed E-state index contributed by atoms with van der Waals surface area (Å²) >= 11 is 0. The highest BCUT2D eigenvalue weighted by molar-refractivity contribution is 5.03. The van der Waals surface area contributed by atoms with Crippen LogP contribution in [-0.2, 0) is 0 Å². The predicted molar refractivity (Wildman–Crippen MR) is 46.3 cm³/mol. The molecule has 0 radical (unpaired) electrons. The third kappa shape index (κ3) is 4.05. The van der Waals surface area contributed by atoms with E-state index in [1.165, 1.54) is 0 Å². The van der Waals surface area contributed by atoms with E-state index < -0.39 is 0 Å². The third-order valence-corrected chi connectivity index (χ3v) is 0.966. The molecule has 0 amide bonds. The van der Waals surface area contributed by atoms with Gasteiger partial charge in [0.05, 0.1) is 0 Å². The maximum Gasteiger partial charge on any atom is 0.0496 e. The van der Waals surface area contributed by atoms with E-state index in [4.69, 9.17) is 0 Å². The molecule has 0 aromatic carbocycles. The Balaban J connectivity index is 2.67. The SMILES string of the molecule is C1=C\N=N/C=C\C=C/N=N\C=C/1. The summed E-state index contributed by atoms with van der Waals surface area (Å²) in [6.45, 7) is 0. The topological polar surface area (TPSA) is 49.4 Å². The molecule has 0 bridgehead atoms. The van der Waals surface area contributed by atoms with Crippen molar-refractivity contribution in [2.75, 3.05) is 0 Å². The Morgan fingerprint density at radius 3 is 0.917 bits per heavy atom. The van der Waals surface area contributed by atoms with E-state index in [0.29, 0.717) is 0 Å². The van der Waals surface area contributed by atoms with E-state index in [1.807, 2.05) is 0 Å². The van der Waals surface area contributed by atoms with Crippen LogP contribution in [0.4, 0.5) is 0 Å². The van der Waals surface area contributed by atoms with Crippen molar-refractivity contribution >= 4 is 0 Å². The van der Waals surface area contributed by atoms with E-state index in [0.717, 1.165) is 0 Å². The van der Waals surface area contributed by atoms with Crippen molar-refractivity contribution in [2.24, 2.45) is 20.5 Å². The molecule has 1 aliphatic heterocycles. The summed E-state index contributed by atoms with van der Waals surface area (Å²) in [4.78, 5) is 0. The number of nitrogens with zero attached hydrogens (tertiary/aromatic N) is 4. The van der Waals surface area contributed by atoms with Crippen LogP contribution in [0.25, 0.3) is 0 Å². The summed E-state index contributed by atoms with van der Waals surface area (Å²) in [5, 5.41) is 14.8. The Labute approximate surface area is 70.4 Å². The minimum absolute atomic E-state index is 1.57. The molecular weight excluding hydrogens is 152 g/mol. The number of azo groups is 2. The molecule has 0 fully saturated rings. The Morgan fingerprint density at radius 2 is 0.667 bits per heavy atom. The van der Waals surface area contributed by atoms with Gasteiger partial charge in [0.1, 0.15) is 0 Å². The standard InChI is InChI=1S/C8H8N4/c1-2-6-10-12-8-4-3-7-11-9-5-1/h1-8H/b2-1?,4-3?,5-1-,6-2-,7-3-,8-4-,9-5?,10-6?,11-7?,11-9-,12-8?,12-10-. The number of rotatable bonds is 0. The number of hydrogen-bond donors (Lipinski definition) is 0. The first-order valence-electron chi connectivity index (χ1n) is 3.43. The molecule has 0 spiro atoms. The Hall–Kier alpha value is -1.84. The van der Waals surface area contributed by atoms with Crippen molar-refractivity contribution in [3.05, 3.63) is 49.1 Å². The van der Waals surface area contributed by atoms with E-state index in [1.54, 1.807) is 49.1 Å². The molecule has 0 aromatic heterocycles. The Bertz CT molecular complexity index is 180. The van der Waals surface area contributed by atoms with Crippen LogP contribution in [0.3, 0.4) is 0 Å². The maximum absolute atomic E-state index is 3.70. The molecular formula is C8H8N4. The van der Waals surface area contributed by atoms with E-state index in [9.17, 15) is 0 Å². The second-order valence-corrected chi connectivity index (χ2v) is 1.83. The Kier molecular flexibility index (Phi) is 4.07. The molecule has 4 heteroatoms. The molecule has 0 saturated heterocycles. The lowest BCUT2D eigenvalue weighted by molar-refractivity contribution is 1.20. The first-order valence-corrected chi connectivity index (χ1v) is 3.43. The molecule has 1 aliphatic rings. The summed E-state index contributed by atoms with van der Waals surface area (Å²) in [6, 6.07) is 0. The molecule has 0 atom stereocenters. The normalized spacial score (nSPS) is 32.0. The lowest BCUT2D eigenvalue weighted by Gasteiger charge is -1.76. The second kappa shape index (κ2) is 5.91. The van der Waals surface area contributed by atoms with E-state index in [-0.39, 0.29) is 0 Å². The fourth-order valence-electron chi connectivity index (χ4n) is 0.507. The molecule has 0 saturated carbocycles. The number of allylic oxidation sites excluding steroid dienone is 4. The molecule has 1 rings (SSSR count). The first kappa shape index (κ1) is 8.26. The van der Waals surface area contributed by atoms with Gasteiger partial charge in [-0.1, -0.05) is 0 Å². The quantitative estimate of drug-likeness (QED) is 0.523. The summed E-state index contributed by atoms with van der Waals surface area (Å²) in [5.41, 5.74) is 0. The average molecular weight is 160 g/mol. The molecule has 1 heterocycles.